The summed E-state index contributed by atoms with van der Waals surface area (Å²) in [4.78, 5) is 31.9. The molecule has 0 atom stereocenters. The second kappa shape index (κ2) is 8.76. The maximum atomic E-state index is 12.8. The molecule has 0 aliphatic heterocycles. The number of aromatic amines is 1. The molecule has 36 heavy (non-hydrogen) atoms. The molecular formula is C28H28BrN3O4. The quantitative estimate of drug-likeness (QED) is 0.426. The van der Waals surface area contributed by atoms with Gasteiger partial charge in [-0.05, 0) is 120 Å². The summed E-state index contributed by atoms with van der Waals surface area (Å²) in [7, 11) is 1.58. The molecular weight excluding hydrogens is 522 g/mol. The predicted octanol–water partition coefficient (Wildman–Crippen LogP) is 5.22. The number of ether oxygens (including phenoxy) is 1. The third-order valence-corrected chi connectivity index (χ3v) is 9.01. The third kappa shape index (κ3) is 3.92. The molecule has 0 radical (unpaired) electrons. The number of hydrogen-bond acceptors (Lipinski definition) is 5. The van der Waals surface area contributed by atoms with Gasteiger partial charge in [0.05, 0.1) is 18.5 Å². The molecule has 1 heterocycles. The monoisotopic (exact) mass is 549 g/mol. The Hall–Kier alpha value is -3.13. The molecule has 3 aromatic rings. The van der Waals surface area contributed by atoms with E-state index in [1.54, 1.807) is 31.4 Å². The Balaban J connectivity index is 1.36. The van der Waals surface area contributed by atoms with Gasteiger partial charge in [0.1, 0.15) is 11.3 Å². The minimum absolute atomic E-state index is 0.0949. The van der Waals surface area contributed by atoms with E-state index in [-0.39, 0.29) is 11.0 Å². The van der Waals surface area contributed by atoms with Gasteiger partial charge in [-0.25, -0.2) is 9.36 Å². The molecule has 8 heteroatoms. The van der Waals surface area contributed by atoms with E-state index in [0.29, 0.717) is 21.6 Å². The Morgan fingerprint density at radius 1 is 1.06 bits per heavy atom. The highest BCUT2D eigenvalue weighted by Gasteiger charge is 2.51. The van der Waals surface area contributed by atoms with Gasteiger partial charge in [-0.15, -0.1) is 0 Å². The normalized spacial score (nSPS) is 26.6. The summed E-state index contributed by atoms with van der Waals surface area (Å²) in [6.07, 6.45) is 9.10. The number of H-pyrrole nitrogens is 1. The lowest BCUT2D eigenvalue weighted by atomic mass is 9.48. The Morgan fingerprint density at radius 2 is 1.69 bits per heavy atom. The second-order valence-corrected chi connectivity index (χ2v) is 11.5. The van der Waals surface area contributed by atoms with Crippen LogP contribution in [0, 0.1) is 17.8 Å². The summed E-state index contributed by atoms with van der Waals surface area (Å²) in [6.45, 7) is 0. The van der Waals surface area contributed by atoms with Crippen LogP contribution in [0.25, 0.3) is 5.69 Å². The number of nitrogens with zero attached hydrogens (tertiary/aromatic N) is 2. The van der Waals surface area contributed by atoms with Gasteiger partial charge in [0.2, 0.25) is 5.88 Å². The van der Waals surface area contributed by atoms with Crippen LogP contribution in [0.15, 0.2) is 61.5 Å². The number of aliphatic imine (C=N–C) groups is 1. The first kappa shape index (κ1) is 23.3. The molecule has 186 valence electrons. The fourth-order valence-corrected chi connectivity index (χ4v) is 7.72. The van der Waals surface area contributed by atoms with E-state index in [0.717, 1.165) is 22.3 Å². The number of methoxy groups -OCH3 is 1. The van der Waals surface area contributed by atoms with Gasteiger partial charge in [0.25, 0.3) is 5.56 Å². The molecule has 7 rings (SSSR count). The van der Waals surface area contributed by atoms with Crippen molar-refractivity contribution in [3.05, 3.63) is 78.9 Å². The fourth-order valence-electron chi connectivity index (χ4n) is 7.17. The molecule has 2 N–H and O–H groups in total. The highest BCUT2D eigenvalue weighted by Crippen LogP contribution is 2.61. The first-order valence-electron chi connectivity index (χ1n) is 12.4. The lowest BCUT2D eigenvalue weighted by molar-refractivity contribution is -0.00521. The summed E-state index contributed by atoms with van der Waals surface area (Å²) in [5.41, 5.74) is 1.06. The number of rotatable bonds is 5. The Kier molecular flexibility index (Phi) is 5.67. The van der Waals surface area contributed by atoms with Gasteiger partial charge in [-0.3, -0.25) is 14.8 Å². The van der Waals surface area contributed by atoms with Crippen molar-refractivity contribution in [3.63, 3.8) is 0 Å². The number of nitrogens with one attached hydrogen (secondary N) is 1. The number of aromatic hydroxyl groups is 1. The SMILES string of the molecule is COc1ccc(N=Cc2c(O)n(-c3ccc(C45CC6CC(CC(C6)C4)C5)cc3Br)c(=O)[nH]c2=O)cc1. The summed E-state index contributed by atoms with van der Waals surface area (Å²) < 4.78 is 6.97. The molecule has 4 aliphatic carbocycles. The molecule has 2 aromatic carbocycles. The predicted molar refractivity (Wildman–Crippen MR) is 142 cm³/mol. The van der Waals surface area contributed by atoms with E-state index < -0.39 is 17.1 Å². The summed E-state index contributed by atoms with van der Waals surface area (Å²) in [6, 6.07) is 13.0. The van der Waals surface area contributed by atoms with E-state index in [2.05, 4.69) is 38.0 Å². The fraction of sp³-hybridized carbons (Fsp3) is 0.393. The van der Waals surface area contributed by atoms with Crippen molar-refractivity contribution in [1.82, 2.24) is 9.55 Å². The molecule has 0 saturated heterocycles. The van der Waals surface area contributed by atoms with Crippen molar-refractivity contribution < 1.29 is 9.84 Å². The van der Waals surface area contributed by atoms with Gasteiger partial charge in [-0.1, -0.05) is 6.07 Å². The maximum absolute atomic E-state index is 12.8. The van der Waals surface area contributed by atoms with Crippen LogP contribution < -0.4 is 16.0 Å². The van der Waals surface area contributed by atoms with Crippen molar-refractivity contribution in [2.24, 2.45) is 22.7 Å². The molecule has 4 aliphatic rings. The zero-order valence-corrected chi connectivity index (χ0v) is 21.6. The number of benzene rings is 2. The average molecular weight is 550 g/mol. The molecule has 0 amide bonds. The van der Waals surface area contributed by atoms with Crippen molar-refractivity contribution >= 4 is 27.8 Å². The van der Waals surface area contributed by atoms with E-state index in [1.807, 2.05) is 6.07 Å². The van der Waals surface area contributed by atoms with Crippen molar-refractivity contribution in [2.45, 2.75) is 43.9 Å². The van der Waals surface area contributed by atoms with Gasteiger partial charge in [-0.2, -0.15) is 0 Å². The van der Waals surface area contributed by atoms with E-state index in [4.69, 9.17) is 4.74 Å². The van der Waals surface area contributed by atoms with Crippen molar-refractivity contribution in [2.75, 3.05) is 7.11 Å². The average Bonchev–Trinajstić information content (AvgIpc) is 2.84. The molecule has 7 nitrogen and oxygen atoms in total. The van der Waals surface area contributed by atoms with Crippen LogP contribution >= 0.6 is 15.9 Å². The summed E-state index contributed by atoms with van der Waals surface area (Å²) >= 11 is 3.66. The van der Waals surface area contributed by atoms with Gasteiger partial charge < -0.3 is 9.84 Å². The molecule has 0 spiro atoms. The van der Waals surface area contributed by atoms with E-state index in [9.17, 15) is 14.7 Å². The van der Waals surface area contributed by atoms with Gasteiger partial charge in [0, 0.05) is 10.7 Å². The topological polar surface area (TPSA) is 96.7 Å². The van der Waals surface area contributed by atoms with Crippen LogP contribution in [0.5, 0.6) is 11.6 Å². The zero-order chi connectivity index (χ0) is 25.0. The standard InChI is InChI=1S/C28H28BrN3O4/c1-36-21-5-3-20(4-6-21)30-15-22-25(33)31-27(35)32(26(22)34)24-7-2-19(11-23(24)29)28-12-16-8-17(13-28)10-18(9-16)14-28/h2-7,11,15-18,34H,8-10,12-14H2,1H3,(H,31,33,35). The largest absolute Gasteiger partial charge is 0.497 e. The lowest BCUT2D eigenvalue weighted by Gasteiger charge is -2.57. The summed E-state index contributed by atoms with van der Waals surface area (Å²) in [5, 5.41) is 11.0. The van der Waals surface area contributed by atoms with E-state index >= 15 is 0 Å². The van der Waals surface area contributed by atoms with Gasteiger partial charge in [0.15, 0.2) is 0 Å². The van der Waals surface area contributed by atoms with Crippen LogP contribution in [0.1, 0.15) is 49.7 Å². The molecule has 0 unspecified atom stereocenters. The maximum Gasteiger partial charge on any atom is 0.335 e. The van der Waals surface area contributed by atoms with Crippen LogP contribution in [-0.2, 0) is 5.41 Å². The number of hydrogen-bond donors (Lipinski definition) is 2. The first-order chi connectivity index (χ1) is 17.3. The minimum Gasteiger partial charge on any atom is -0.497 e. The van der Waals surface area contributed by atoms with Crippen LogP contribution in [0.3, 0.4) is 0 Å². The van der Waals surface area contributed by atoms with Crippen LogP contribution in [-0.4, -0.2) is 28.0 Å². The molecule has 1 aromatic heterocycles. The second-order valence-electron chi connectivity index (χ2n) is 10.7. The van der Waals surface area contributed by atoms with E-state index in [1.165, 1.54) is 50.3 Å². The molecule has 4 fully saturated rings. The molecule has 4 bridgehead atoms. The van der Waals surface area contributed by atoms with Crippen LogP contribution in [0.4, 0.5) is 5.69 Å². The first-order valence-corrected chi connectivity index (χ1v) is 13.2. The van der Waals surface area contributed by atoms with Crippen molar-refractivity contribution in [3.8, 4) is 17.3 Å². The molecule has 4 saturated carbocycles. The Bertz CT molecular complexity index is 1440. The highest BCUT2D eigenvalue weighted by molar-refractivity contribution is 9.10. The van der Waals surface area contributed by atoms with Crippen molar-refractivity contribution in [1.29, 1.82) is 0 Å². The Labute approximate surface area is 217 Å². The summed E-state index contributed by atoms with van der Waals surface area (Å²) in [5.74, 6) is 2.71. The third-order valence-electron chi connectivity index (χ3n) is 8.38. The van der Waals surface area contributed by atoms with Gasteiger partial charge >= 0.3 is 5.69 Å². The highest BCUT2D eigenvalue weighted by atomic mass is 79.9. The number of aromatic nitrogens is 2. The Morgan fingerprint density at radius 3 is 2.28 bits per heavy atom. The number of halogens is 1. The lowest BCUT2D eigenvalue weighted by Crippen LogP contribution is -2.48. The van der Waals surface area contributed by atoms with Crippen LogP contribution in [0.2, 0.25) is 0 Å². The zero-order valence-electron chi connectivity index (χ0n) is 20.0. The minimum atomic E-state index is -0.706. The smallest absolute Gasteiger partial charge is 0.335 e.